The molecule has 1 fully saturated rings. The van der Waals surface area contributed by atoms with Gasteiger partial charge in [0.15, 0.2) is 0 Å². The predicted molar refractivity (Wildman–Crippen MR) is 88.9 cm³/mol. The fraction of sp³-hybridized carbons (Fsp3) is 0.562. The van der Waals surface area contributed by atoms with E-state index < -0.39 is 0 Å². The molecular weight excluding hydrogens is 351 g/mol. The summed E-state index contributed by atoms with van der Waals surface area (Å²) in [4.78, 5) is 11.9. The molecule has 21 heavy (non-hydrogen) atoms. The van der Waals surface area contributed by atoms with Crippen molar-refractivity contribution >= 4 is 37.1 Å². The number of esters is 1. The van der Waals surface area contributed by atoms with Crippen LogP contribution in [0.15, 0.2) is 18.2 Å². The Labute approximate surface area is 137 Å². The van der Waals surface area contributed by atoms with Crippen molar-refractivity contribution in [2.75, 3.05) is 13.4 Å². The molecule has 0 radical (unpaired) electrons. The molecular formula is C16H22O3SSe. The van der Waals surface area contributed by atoms with Gasteiger partial charge in [-0.05, 0) is 0 Å². The minimum atomic E-state index is -0.0527. The van der Waals surface area contributed by atoms with Gasteiger partial charge in [-0.15, -0.1) is 0 Å². The van der Waals surface area contributed by atoms with Crippen LogP contribution in [0.5, 0.6) is 5.75 Å². The molecule has 1 aromatic rings. The summed E-state index contributed by atoms with van der Waals surface area (Å²) in [6.07, 6.45) is 3.63. The zero-order valence-corrected chi connectivity index (χ0v) is 15.4. The van der Waals surface area contributed by atoms with Crippen LogP contribution in [0.3, 0.4) is 0 Å². The van der Waals surface area contributed by atoms with Crippen LogP contribution < -0.4 is 9.20 Å². The fourth-order valence-electron chi connectivity index (χ4n) is 2.47. The van der Waals surface area contributed by atoms with E-state index in [0.29, 0.717) is 16.5 Å². The Morgan fingerprint density at radius 2 is 2.29 bits per heavy atom. The number of rotatable bonds is 6. The van der Waals surface area contributed by atoms with Crippen molar-refractivity contribution in [1.82, 2.24) is 0 Å². The van der Waals surface area contributed by atoms with Crippen LogP contribution in [-0.2, 0) is 9.53 Å². The van der Waals surface area contributed by atoms with Gasteiger partial charge in [0, 0.05) is 0 Å². The first-order valence-corrected chi connectivity index (χ1v) is 10.3. The number of thioether (sulfide) groups is 1. The van der Waals surface area contributed by atoms with Crippen molar-refractivity contribution in [3.05, 3.63) is 23.8 Å². The van der Waals surface area contributed by atoms with Gasteiger partial charge in [0.2, 0.25) is 0 Å². The van der Waals surface area contributed by atoms with Gasteiger partial charge in [-0.1, -0.05) is 0 Å². The second-order valence-corrected chi connectivity index (χ2v) is 8.85. The maximum absolute atomic E-state index is 11.6. The Morgan fingerprint density at radius 1 is 1.52 bits per heavy atom. The van der Waals surface area contributed by atoms with Crippen molar-refractivity contribution in [3.63, 3.8) is 0 Å². The maximum atomic E-state index is 11.6. The number of cyclic esters (lactones) is 1. The molecule has 1 aromatic carbocycles. The third kappa shape index (κ3) is 3.77. The Balaban J connectivity index is 2.31. The van der Waals surface area contributed by atoms with Crippen LogP contribution in [0.1, 0.15) is 37.5 Å². The summed E-state index contributed by atoms with van der Waals surface area (Å²) < 4.78 is 12.3. The van der Waals surface area contributed by atoms with Gasteiger partial charge in [0.25, 0.3) is 0 Å². The van der Waals surface area contributed by atoms with Crippen LogP contribution in [-0.4, -0.2) is 40.4 Å². The summed E-state index contributed by atoms with van der Waals surface area (Å²) in [7, 11) is 1.72. The molecule has 0 saturated carbocycles. The number of hydrogen-bond donors (Lipinski definition) is 0. The number of hydrogen-bond acceptors (Lipinski definition) is 4. The number of benzene rings is 1. The van der Waals surface area contributed by atoms with Gasteiger partial charge in [-0.2, -0.15) is 0 Å². The second-order valence-electron chi connectivity index (χ2n) is 5.05. The first-order valence-electron chi connectivity index (χ1n) is 7.16. The Morgan fingerprint density at radius 3 is 2.90 bits per heavy atom. The van der Waals surface area contributed by atoms with E-state index >= 15 is 0 Å². The summed E-state index contributed by atoms with van der Waals surface area (Å²) >= 11 is 2.01. The quantitative estimate of drug-likeness (QED) is 0.567. The molecule has 0 N–H and O–H groups in total. The molecule has 1 aliphatic heterocycles. The summed E-state index contributed by atoms with van der Waals surface area (Å²) in [5, 5.41) is 0.426. The van der Waals surface area contributed by atoms with E-state index in [1.165, 1.54) is 10.0 Å². The number of ether oxygens (including phenoxy) is 2. The molecule has 116 valence electrons. The van der Waals surface area contributed by atoms with Crippen molar-refractivity contribution in [1.29, 1.82) is 0 Å². The molecule has 3 atom stereocenters. The first-order chi connectivity index (χ1) is 10.1. The zero-order valence-electron chi connectivity index (χ0n) is 12.9. The fourth-order valence-corrected chi connectivity index (χ4v) is 6.38. The van der Waals surface area contributed by atoms with Gasteiger partial charge in [0.05, 0.1) is 0 Å². The molecule has 2 rings (SSSR count). The topological polar surface area (TPSA) is 35.5 Å². The SMILES string of the molecule is CCC1OC(=O)CC1[Se]c1c(OC)cccc1[C@H](C)SC. The van der Waals surface area contributed by atoms with E-state index in [0.717, 1.165) is 12.2 Å². The van der Waals surface area contributed by atoms with Gasteiger partial charge in [-0.3, -0.25) is 0 Å². The molecule has 1 heterocycles. The van der Waals surface area contributed by atoms with Crippen LogP contribution in [0.4, 0.5) is 0 Å². The van der Waals surface area contributed by atoms with Gasteiger partial charge < -0.3 is 0 Å². The van der Waals surface area contributed by atoms with Crippen molar-refractivity contribution in [2.24, 2.45) is 0 Å². The van der Waals surface area contributed by atoms with E-state index in [1.807, 2.05) is 23.9 Å². The molecule has 3 nitrogen and oxygen atoms in total. The standard InChI is InChI=1S/C16H22O3SSe/c1-5-12-14(9-15(17)19-12)21-16-11(10(2)20-4)7-6-8-13(16)18-3/h6-8,10,12,14H,5,9H2,1-4H3/t10-,12?,14?/m0/s1. The van der Waals surface area contributed by atoms with Gasteiger partial charge in [-0.25, -0.2) is 0 Å². The average Bonchev–Trinajstić information content (AvgIpc) is 2.86. The predicted octanol–water partition coefficient (Wildman–Crippen LogP) is 2.96. The number of carbonyl (C=O) groups is 1. The van der Waals surface area contributed by atoms with E-state index in [-0.39, 0.29) is 27.0 Å². The molecule has 1 aliphatic rings. The Kier molecular flexibility index (Phi) is 6.03. The van der Waals surface area contributed by atoms with Crippen LogP contribution in [0.2, 0.25) is 4.82 Å². The Bertz CT molecular complexity index is 506. The Hall–Kier alpha value is -0.641. The van der Waals surface area contributed by atoms with E-state index in [1.54, 1.807) is 7.11 Å². The minimum absolute atomic E-state index is 0.0527. The summed E-state index contributed by atoms with van der Waals surface area (Å²) in [6, 6.07) is 6.25. The molecule has 0 spiro atoms. The first kappa shape index (κ1) is 16.7. The molecule has 0 bridgehead atoms. The van der Waals surface area contributed by atoms with Crippen LogP contribution >= 0.6 is 11.8 Å². The molecule has 2 unspecified atom stereocenters. The third-order valence-electron chi connectivity index (χ3n) is 3.76. The summed E-state index contributed by atoms with van der Waals surface area (Å²) in [5.41, 5.74) is 1.33. The summed E-state index contributed by atoms with van der Waals surface area (Å²) in [6.45, 7) is 4.30. The number of methoxy groups -OCH3 is 1. The van der Waals surface area contributed by atoms with E-state index in [2.05, 4.69) is 26.2 Å². The van der Waals surface area contributed by atoms with Gasteiger partial charge >= 0.3 is 137 Å². The summed E-state index contributed by atoms with van der Waals surface area (Å²) in [5.74, 6) is 0.894. The molecule has 0 amide bonds. The second kappa shape index (κ2) is 7.57. The normalized spacial score (nSPS) is 23.0. The van der Waals surface area contributed by atoms with Crippen molar-refractivity contribution in [2.45, 2.75) is 42.9 Å². The van der Waals surface area contributed by atoms with E-state index in [4.69, 9.17) is 9.47 Å². The third-order valence-corrected chi connectivity index (χ3v) is 7.75. The molecule has 0 aliphatic carbocycles. The van der Waals surface area contributed by atoms with Crippen LogP contribution in [0.25, 0.3) is 0 Å². The molecule has 0 aromatic heterocycles. The molecule has 5 heteroatoms. The van der Waals surface area contributed by atoms with Crippen molar-refractivity contribution < 1.29 is 14.3 Å². The van der Waals surface area contributed by atoms with Gasteiger partial charge in [0.1, 0.15) is 0 Å². The zero-order chi connectivity index (χ0) is 15.4. The van der Waals surface area contributed by atoms with E-state index in [9.17, 15) is 4.79 Å². The van der Waals surface area contributed by atoms with Crippen LogP contribution in [0, 0.1) is 0 Å². The molecule has 1 saturated heterocycles. The van der Waals surface area contributed by atoms with Crippen molar-refractivity contribution in [3.8, 4) is 5.75 Å². The monoisotopic (exact) mass is 374 g/mol. The average molecular weight is 373 g/mol. The number of carbonyl (C=O) groups excluding carboxylic acids is 1.